The standard InChI is InChI=1S/C17H20N4O2S/c1-3-10-21-13(9-11-24-12-7-5-4-6-8-12)18-15-14(21)16(22)20(2)17(23)19-15/h4-8H,3,9-11H2,1-2H3,(H,19,23). The Morgan fingerprint density at radius 3 is 2.67 bits per heavy atom. The van der Waals surface area contributed by atoms with Crippen LogP contribution >= 0.6 is 11.8 Å². The van der Waals surface area contributed by atoms with Gasteiger partial charge in [-0.3, -0.25) is 14.3 Å². The number of thioether (sulfide) groups is 1. The van der Waals surface area contributed by atoms with Crippen molar-refractivity contribution < 1.29 is 0 Å². The zero-order chi connectivity index (χ0) is 17.1. The lowest BCUT2D eigenvalue weighted by molar-refractivity contribution is 0.655. The first-order valence-electron chi connectivity index (χ1n) is 7.98. The summed E-state index contributed by atoms with van der Waals surface area (Å²) in [5.41, 5.74) is 0.144. The van der Waals surface area contributed by atoms with E-state index in [4.69, 9.17) is 0 Å². The fraction of sp³-hybridized carbons (Fsp3) is 0.353. The Labute approximate surface area is 143 Å². The number of hydrogen-bond donors (Lipinski definition) is 1. The van der Waals surface area contributed by atoms with E-state index in [9.17, 15) is 9.59 Å². The number of benzene rings is 1. The molecule has 0 aliphatic heterocycles. The number of aromatic nitrogens is 4. The molecule has 6 nitrogen and oxygen atoms in total. The highest BCUT2D eigenvalue weighted by Crippen LogP contribution is 2.19. The van der Waals surface area contributed by atoms with E-state index >= 15 is 0 Å². The Kier molecular flexibility index (Phi) is 4.89. The summed E-state index contributed by atoms with van der Waals surface area (Å²) in [6, 6.07) is 10.2. The van der Waals surface area contributed by atoms with Gasteiger partial charge in [0, 0.05) is 30.7 Å². The molecule has 0 spiro atoms. The van der Waals surface area contributed by atoms with Crippen molar-refractivity contribution >= 4 is 22.9 Å². The lowest BCUT2D eigenvalue weighted by Gasteiger charge is -2.07. The Bertz CT molecular complexity index is 956. The highest BCUT2D eigenvalue weighted by Gasteiger charge is 2.16. The fourth-order valence-corrected chi connectivity index (χ4v) is 3.54. The number of H-pyrrole nitrogens is 1. The van der Waals surface area contributed by atoms with Gasteiger partial charge in [0.25, 0.3) is 5.56 Å². The molecule has 0 fully saturated rings. The number of aryl methyl sites for hydroxylation is 2. The summed E-state index contributed by atoms with van der Waals surface area (Å²) in [5, 5.41) is 0. The Morgan fingerprint density at radius 2 is 1.96 bits per heavy atom. The molecule has 7 heteroatoms. The maximum atomic E-state index is 12.4. The van der Waals surface area contributed by atoms with Crippen molar-refractivity contribution in [2.75, 3.05) is 5.75 Å². The van der Waals surface area contributed by atoms with Crippen LogP contribution in [0.15, 0.2) is 44.8 Å². The quantitative estimate of drug-likeness (QED) is 0.696. The molecule has 0 saturated heterocycles. The average molecular weight is 344 g/mol. The van der Waals surface area contributed by atoms with Gasteiger partial charge in [-0.2, -0.15) is 0 Å². The zero-order valence-electron chi connectivity index (χ0n) is 13.8. The summed E-state index contributed by atoms with van der Waals surface area (Å²) in [7, 11) is 1.48. The molecular formula is C17H20N4O2S. The highest BCUT2D eigenvalue weighted by molar-refractivity contribution is 7.99. The molecule has 2 heterocycles. The number of nitrogens with one attached hydrogen (secondary N) is 1. The minimum Gasteiger partial charge on any atom is -0.322 e. The predicted molar refractivity (Wildman–Crippen MR) is 96.8 cm³/mol. The molecule has 0 unspecified atom stereocenters. The summed E-state index contributed by atoms with van der Waals surface area (Å²) >= 11 is 1.75. The maximum Gasteiger partial charge on any atom is 0.329 e. The normalized spacial score (nSPS) is 11.2. The molecule has 2 aromatic heterocycles. The van der Waals surface area contributed by atoms with Crippen LogP contribution in [0.1, 0.15) is 19.2 Å². The van der Waals surface area contributed by atoms with Gasteiger partial charge in [0.1, 0.15) is 5.82 Å². The van der Waals surface area contributed by atoms with Crippen molar-refractivity contribution in [2.45, 2.75) is 31.2 Å². The second kappa shape index (κ2) is 7.09. The second-order valence-corrected chi connectivity index (χ2v) is 6.75. The fourth-order valence-electron chi connectivity index (χ4n) is 2.67. The Morgan fingerprint density at radius 1 is 1.21 bits per heavy atom. The van der Waals surface area contributed by atoms with E-state index in [2.05, 4.69) is 29.0 Å². The van der Waals surface area contributed by atoms with E-state index in [1.807, 2.05) is 22.8 Å². The van der Waals surface area contributed by atoms with Crippen LogP contribution in [0.2, 0.25) is 0 Å². The van der Waals surface area contributed by atoms with E-state index < -0.39 is 5.69 Å². The molecule has 0 radical (unpaired) electrons. The van der Waals surface area contributed by atoms with E-state index in [1.54, 1.807) is 11.8 Å². The first-order chi connectivity index (χ1) is 11.6. The van der Waals surface area contributed by atoms with Gasteiger partial charge < -0.3 is 4.57 Å². The average Bonchev–Trinajstić information content (AvgIpc) is 2.92. The minimum atomic E-state index is -0.432. The van der Waals surface area contributed by atoms with Crippen LogP contribution in [0.3, 0.4) is 0 Å². The van der Waals surface area contributed by atoms with Crippen LogP contribution in [0.25, 0.3) is 11.2 Å². The molecule has 24 heavy (non-hydrogen) atoms. The molecule has 0 aliphatic carbocycles. The number of fused-ring (bicyclic) bond motifs is 1. The van der Waals surface area contributed by atoms with Crippen molar-refractivity contribution in [3.8, 4) is 0 Å². The summed E-state index contributed by atoms with van der Waals surface area (Å²) in [6.45, 7) is 2.77. The number of imidazole rings is 1. The van der Waals surface area contributed by atoms with Crippen molar-refractivity contribution in [1.82, 2.24) is 19.1 Å². The molecule has 0 aliphatic rings. The van der Waals surface area contributed by atoms with Crippen LogP contribution in [0.4, 0.5) is 0 Å². The number of hydrogen-bond acceptors (Lipinski definition) is 4. The van der Waals surface area contributed by atoms with Crippen molar-refractivity contribution in [3.05, 3.63) is 57.0 Å². The molecule has 0 bridgehead atoms. The molecule has 3 rings (SSSR count). The maximum absolute atomic E-state index is 12.4. The molecule has 0 saturated carbocycles. The van der Waals surface area contributed by atoms with Gasteiger partial charge in [0.15, 0.2) is 11.2 Å². The minimum absolute atomic E-state index is 0.295. The topological polar surface area (TPSA) is 72.7 Å². The summed E-state index contributed by atoms with van der Waals surface area (Å²) in [6.07, 6.45) is 1.63. The Hall–Kier alpha value is -2.28. The van der Waals surface area contributed by atoms with Gasteiger partial charge >= 0.3 is 5.69 Å². The smallest absolute Gasteiger partial charge is 0.322 e. The summed E-state index contributed by atoms with van der Waals surface area (Å²) in [5.74, 6) is 1.70. The molecular weight excluding hydrogens is 324 g/mol. The van der Waals surface area contributed by atoms with Gasteiger partial charge in [0.05, 0.1) is 0 Å². The van der Waals surface area contributed by atoms with Crippen LogP contribution < -0.4 is 11.2 Å². The third-order valence-corrected chi connectivity index (χ3v) is 4.88. The number of nitrogens with zero attached hydrogens (tertiary/aromatic N) is 3. The summed E-state index contributed by atoms with van der Waals surface area (Å²) < 4.78 is 3.04. The molecule has 0 amide bonds. The van der Waals surface area contributed by atoms with Crippen molar-refractivity contribution in [1.29, 1.82) is 0 Å². The monoisotopic (exact) mass is 344 g/mol. The zero-order valence-corrected chi connectivity index (χ0v) is 14.6. The van der Waals surface area contributed by atoms with Crippen LogP contribution in [-0.2, 0) is 20.0 Å². The van der Waals surface area contributed by atoms with E-state index in [1.165, 1.54) is 11.9 Å². The highest BCUT2D eigenvalue weighted by atomic mass is 32.2. The number of aromatic amines is 1. The van der Waals surface area contributed by atoms with Crippen LogP contribution in [-0.4, -0.2) is 24.9 Å². The third-order valence-electron chi connectivity index (χ3n) is 3.87. The SMILES string of the molecule is CCCn1c(CCSc2ccccc2)nc2[nH]c(=O)n(C)c(=O)c21. The molecule has 1 aromatic carbocycles. The van der Waals surface area contributed by atoms with Crippen molar-refractivity contribution in [2.24, 2.45) is 7.05 Å². The lowest BCUT2D eigenvalue weighted by Crippen LogP contribution is -2.33. The second-order valence-electron chi connectivity index (χ2n) is 5.58. The van der Waals surface area contributed by atoms with Crippen LogP contribution in [0.5, 0.6) is 0 Å². The first kappa shape index (κ1) is 16.6. The van der Waals surface area contributed by atoms with Gasteiger partial charge in [0.2, 0.25) is 0 Å². The summed E-state index contributed by atoms with van der Waals surface area (Å²) in [4.78, 5) is 32.6. The molecule has 126 valence electrons. The lowest BCUT2D eigenvalue weighted by atomic mass is 10.4. The van der Waals surface area contributed by atoms with Gasteiger partial charge in [-0.25, -0.2) is 9.78 Å². The van der Waals surface area contributed by atoms with Gasteiger partial charge in [-0.15, -0.1) is 11.8 Å². The van der Waals surface area contributed by atoms with Crippen molar-refractivity contribution in [3.63, 3.8) is 0 Å². The van der Waals surface area contributed by atoms with E-state index in [0.29, 0.717) is 17.7 Å². The van der Waals surface area contributed by atoms with Gasteiger partial charge in [-0.05, 0) is 18.6 Å². The van der Waals surface area contributed by atoms with Crippen LogP contribution in [0, 0.1) is 0 Å². The Balaban J connectivity index is 1.92. The third kappa shape index (κ3) is 3.17. The molecule has 1 N–H and O–H groups in total. The van der Waals surface area contributed by atoms with E-state index in [0.717, 1.165) is 29.0 Å². The first-order valence-corrected chi connectivity index (χ1v) is 8.96. The number of rotatable bonds is 6. The molecule has 0 atom stereocenters. The largest absolute Gasteiger partial charge is 0.329 e. The van der Waals surface area contributed by atoms with Gasteiger partial charge in [-0.1, -0.05) is 25.1 Å². The van der Waals surface area contributed by atoms with E-state index in [-0.39, 0.29) is 5.56 Å². The molecule has 3 aromatic rings. The predicted octanol–water partition coefficient (Wildman–Crippen LogP) is 2.17.